The first kappa shape index (κ1) is 35.2. The Labute approximate surface area is 260 Å². The van der Waals surface area contributed by atoms with Crippen molar-refractivity contribution in [1.29, 1.82) is 0 Å². The Morgan fingerprint density at radius 2 is 1.41 bits per heavy atom. The standard InChI is InChI=1S/C12H11BrN2O2.C12H12N2O3.CH4.Br3P/c1-3-17-12(16)8-6-14-9-5-4-7(2)15-11(9)10(8)13;1-3-17-12(16)8-6-13-9-5-4-7(2)14-10(9)11(8)15;;1-4(2)3/h4-6H,3H2,1-2H3;4-6H,3H2,1-2H3,(H,13,15);1H4;. The van der Waals surface area contributed by atoms with E-state index in [1.54, 1.807) is 32.9 Å². The first-order valence-electron chi connectivity index (χ1n) is 11.0. The summed E-state index contributed by atoms with van der Waals surface area (Å²) in [5.41, 5.74) is 3.87. The number of ether oxygens (including phenoxy) is 2. The molecular weight excluding hydrogens is 787 g/mol. The molecule has 210 valence electrons. The molecule has 0 unspecified atom stereocenters. The lowest BCUT2D eigenvalue weighted by molar-refractivity contribution is 0.0515. The summed E-state index contributed by atoms with van der Waals surface area (Å²) in [6.45, 7) is 7.71. The molecule has 14 heteroatoms. The Morgan fingerprint density at radius 1 is 0.897 bits per heavy atom. The highest BCUT2D eigenvalue weighted by molar-refractivity contribution is 9.93. The number of aryl methyl sites for hydroxylation is 2. The van der Waals surface area contributed by atoms with Crippen molar-refractivity contribution in [3.05, 3.63) is 73.9 Å². The second-order valence-electron chi connectivity index (χ2n) is 7.32. The molecular formula is C25H27Br4N4O5P. The molecule has 0 fully saturated rings. The third-order valence-electron chi connectivity index (χ3n) is 4.65. The van der Waals surface area contributed by atoms with E-state index in [-0.39, 0.29) is 29.1 Å². The monoisotopic (exact) mass is 810 g/mol. The number of hydrogen-bond donors (Lipinski definition) is 1. The van der Waals surface area contributed by atoms with Crippen LogP contribution in [0.1, 0.15) is 53.4 Å². The zero-order chi connectivity index (χ0) is 28.4. The number of aromatic amines is 1. The van der Waals surface area contributed by atoms with E-state index in [4.69, 9.17) is 9.47 Å². The van der Waals surface area contributed by atoms with Gasteiger partial charge in [0.05, 0.1) is 34.3 Å². The molecule has 0 bridgehead atoms. The van der Waals surface area contributed by atoms with Gasteiger partial charge in [-0.3, -0.25) is 14.8 Å². The van der Waals surface area contributed by atoms with Crippen LogP contribution >= 0.6 is 66.4 Å². The maximum absolute atomic E-state index is 12.0. The SMILES string of the molecule is BrP(Br)Br.C.CCOC(=O)c1c[nH]c2ccc(C)nc2c1=O.CCOC(=O)c1cnc2ccc(C)nc2c1Br. The number of hydrogen-bond acceptors (Lipinski definition) is 8. The topological polar surface area (TPSA) is 124 Å². The van der Waals surface area contributed by atoms with E-state index in [0.717, 1.165) is 16.9 Å². The van der Waals surface area contributed by atoms with E-state index in [1.165, 1.54) is 12.4 Å². The normalized spacial score (nSPS) is 10.1. The number of fused-ring (bicyclic) bond motifs is 2. The van der Waals surface area contributed by atoms with Crippen LogP contribution in [0.2, 0.25) is 0 Å². The predicted octanol–water partition coefficient (Wildman–Crippen LogP) is 8.32. The number of esters is 2. The molecule has 0 saturated heterocycles. The van der Waals surface area contributed by atoms with Gasteiger partial charge in [0.15, 0.2) is 0 Å². The molecule has 39 heavy (non-hydrogen) atoms. The van der Waals surface area contributed by atoms with Gasteiger partial charge in [-0.1, -0.05) is 7.43 Å². The highest BCUT2D eigenvalue weighted by Crippen LogP contribution is 2.59. The molecule has 0 aliphatic heterocycles. The van der Waals surface area contributed by atoms with Crippen molar-refractivity contribution in [1.82, 2.24) is 19.9 Å². The smallest absolute Gasteiger partial charge is 0.343 e. The summed E-state index contributed by atoms with van der Waals surface area (Å²) in [5, 5.41) is 0. The maximum Gasteiger partial charge on any atom is 0.343 e. The van der Waals surface area contributed by atoms with Gasteiger partial charge in [0.25, 0.3) is 0 Å². The van der Waals surface area contributed by atoms with Gasteiger partial charge in [-0.15, -0.1) is 0 Å². The lowest BCUT2D eigenvalue weighted by Gasteiger charge is -2.06. The molecule has 4 aromatic rings. The quantitative estimate of drug-likeness (QED) is 0.161. The molecule has 0 aromatic carbocycles. The van der Waals surface area contributed by atoms with E-state index in [9.17, 15) is 14.4 Å². The minimum Gasteiger partial charge on any atom is -0.462 e. The van der Waals surface area contributed by atoms with Crippen molar-refractivity contribution < 1.29 is 19.1 Å². The third-order valence-corrected chi connectivity index (χ3v) is 5.45. The number of nitrogens with one attached hydrogen (secondary N) is 1. The molecule has 0 aliphatic carbocycles. The molecule has 9 nitrogen and oxygen atoms in total. The molecule has 0 amide bonds. The van der Waals surface area contributed by atoms with Gasteiger partial charge in [0, 0.05) is 23.8 Å². The Balaban J connectivity index is 0.000000336. The fourth-order valence-corrected chi connectivity index (χ4v) is 3.59. The highest BCUT2D eigenvalue weighted by atomic mass is 80.0. The number of H-pyrrole nitrogens is 1. The second kappa shape index (κ2) is 17.1. The van der Waals surface area contributed by atoms with Crippen LogP contribution in [-0.2, 0) is 9.47 Å². The van der Waals surface area contributed by atoms with Crippen molar-refractivity contribution in [3.8, 4) is 0 Å². The number of pyridine rings is 4. The van der Waals surface area contributed by atoms with Crippen LogP contribution in [0.5, 0.6) is 0 Å². The molecule has 1 N–H and O–H groups in total. The van der Waals surface area contributed by atoms with Gasteiger partial charge in [-0.25, -0.2) is 14.6 Å². The van der Waals surface area contributed by atoms with E-state index < -0.39 is 17.4 Å². The van der Waals surface area contributed by atoms with Crippen LogP contribution in [0.4, 0.5) is 0 Å². The number of aromatic nitrogens is 4. The van der Waals surface area contributed by atoms with Gasteiger partial charge >= 0.3 is 11.9 Å². The average molecular weight is 814 g/mol. The van der Waals surface area contributed by atoms with Gasteiger partial charge in [-0.05, 0) is 114 Å². The molecule has 0 atom stereocenters. The zero-order valence-corrected chi connectivity index (χ0v) is 28.0. The zero-order valence-electron chi connectivity index (χ0n) is 20.7. The number of nitrogens with zero attached hydrogens (tertiary/aromatic N) is 3. The molecule has 4 rings (SSSR count). The van der Waals surface area contributed by atoms with Gasteiger partial charge < -0.3 is 14.5 Å². The first-order valence-corrected chi connectivity index (χ1v) is 19.2. The van der Waals surface area contributed by atoms with Crippen LogP contribution in [-0.4, -0.2) is 45.1 Å². The van der Waals surface area contributed by atoms with Gasteiger partial charge in [-0.2, -0.15) is 0 Å². The summed E-state index contributed by atoms with van der Waals surface area (Å²) < 4.78 is 10.2. The van der Waals surface area contributed by atoms with Crippen LogP contribution in [0, 0.1) is 13.8 Å². The van der Waals surface area contributed by atoms with Crippen LogP contribution < -0.4 is 5.43 Å². The Morgan fingerprint density at radius 3 is 1.97 bits per heavy atom. The van der Waals surface area contributed by atoms with E-state index in [2.05, 4.69) is 82.3 Å². The van der Waals surface area contributed by atoms with Crippen LogP contribution in [0.15, 0.2) is 45.9 Å². The van der Waals surface area contributed by atoms with Gasteiger partial charge in [0.2, 0.25) is 5.43 Å². The molecule has 0 saturated carbocycles. The number of halogens is 4. The van der Waals surface area contributed by atoms with Crippen molar-refractivity contribution >= 4 is 100 Å². The summed E-state index contributed by atoms with van der Waals surface area (Å²) in [6.07, 6.45) is 2.86. The van der Waals surface area contributed by atoms with E-state index in [1.807, 2.05) is 19.1 Å². The number of carbonyl (C=O) groups excluding carboxylic acids is 2. The Kier molecular flexibility index (Phi) is 15.5. The molecule has 0 aliphatic rings. The number of carbonyl (C=O) groups is 2. The second-order valence-corrected chi connectivity index (χ2v) is 23.4. The van der Waals surface area contributed by atoms with Crippen LogP contribution in [0.25, 0.3) is 22.1 Å². The van der Waals surface area contributed by atoms with E-state index >= 15 is 0 Å². The summed E-state index contributed by atoms with van der Waals surface area (Å²) >= 11 is 12.9. The predicted molar refractivity (Wildman–Crippen MR) is 171 cm³/mol. The van der Waals surface area contributed by atoms with Crippen molar-refractivity contribution in [2.24, 2.45) is 0 Å². The minimum atomic E-state index is -0.626. The summed E-state index contributed by atoms with van der Waals surface area (Å²) in [7, 11) is 0. The molecule has 4 heterocycles. The Bertz CT molecular complexity index is 1500. The minimum absolute atomic E-state index is 0. The molecule has 0 spiro atoms. The summed E-state index contributed by atoms with van der Waals surface area (Å²) in [6, 6.07) is 7.31. The highest BCUT2D eigenvalue weighted by Gasteiger charge is 2.16. The average Bonchev–Trinajstić information content (AvgIpc) is 2.85. The summed E-state index contributed by atoms with van der Waals surface area (Å²) in [5.74, 6) is -1.02. The first-order chi connectivity index (χ1) is 18.0. The van der Waals surface area contributed by atoms with Gasteiger partial charge in [0.1, 0.15) is 20.6 Å². The maximum atomic E-state index is 12.0. The van der Waals surface area contributed by atoms with Crippen molar-refractivity contribution in [2.45, 2.75) is 35.1 Å². The van der Waals surface area contributed by atoms with Crippen molar-refractivity contribution in [3.63, 3.8) is 0 Å². The lowest BCUT2D eigenvalue weighted by Crippen LogP contribution is -2.19. The largest absolute Gasteiger partial charge is 0.462 e. The number of rotatable bonds is 4. The fraction of sp³-hybridized carbons (Fsp3) is 0.280. The van der Waals surface area contributed by atoms with Crippen LogP contribution in [0.3, 0.4) is 0 Å². The Hall–Kier alpha value is -1.79. The third kappa shape index (κ3) is 10.3. The van der Waals surface area contributed by atoms with E-state index in [0.29, 0.717) is 27.7 Å². The molecule has 0 radical (unpaired) electrons. The molecule has 4 aromatic heterocycles. The van der Waals surface area contributed by atoms with Crippen molar-refractivity contribution in [2.75, 3.05) is 13.2 Å². The fourth-order valence-electron chi connectivity index (χ4n) is 3.03. The summed E-state index contributed by atoms with van der Waals surface area (Å²) in [4.78, 5) is 50.8. The lowest BCUT2D eigenvalue weighted by atomic mass is 10.2.